The number of methoxy groups -OCH3 is 1. The molecule has 0 aliphatic carbocycles. The van der Waals surface area contributed by atoms with Crippen molar-refractivity contribution < 1.29 is 13.9 Å². The molecule has 0 fully saturated rings. The van der Waals surface area contributed by atoms with Crippen LogP contribution in [0.2, 0.25) is 0 Å². The highest BCUT2D eigenvalue weighted by atomic mass is 79.9. The molecule has 0 saturated carbocycles. The van der Waals surface area contributed by atoms with Gasteiger partial charge in [0.1, 0.15) is 5.82 Å². The fourth-order valence-corrected chi connectivity index (χ4v) is 1.93. The maximum atomic E-state index is 13.0. The van der Waals surface area contributed by atoms with Gasteiger partial charge < -0.3 is 9.47 Å². The maximum absolute atomic E-state index is 13.0. The Morgan fingerprint density at radius 2 is 2.19 bits per heavy atom. The third kappa shape index (κ3) is 4.60. The van der Waals surface area contributed by atoms with Crippen molar-refractivity contribution in [2.75, 3.05) is 25.7 Å². The monoisotopic (exact) mass is 290 g/mol. The molecule has 90 valence electrons. The van der Waals surface area contributed by atoms with E-state index in [0.717, 1.165) is 12.0 Å². The van der Waals surface area contributed by atoms with Crippen LogP contribution in [0.1, 0.15) is 18.1 Å². The lowest BCUT2D eigenvalue weighted by Gasteiger charge is -2.15. The molecule has 0 aliphatic heterocycles. The zero-order valence-electron chi connectivity index (χ0n) is 9.29. The van der Waals surface area contributed by atoms with Crippen molar-refractivity contribution in [1.29, 1.82) is 0 Å². The minimum atomic E-state index is -0.232. The second kappa shape index (κ2) is 7.76. The molecule has 4 heteroatoms. The fraction of sp³-hybridized carbons (Fsp3) is 0.500. The predicted molar refractivity (Wildman–Crippen MR) is 65.4 cm³/mol. The molecule has 1 unspecified atom stereocenters. The SMILES string of the molecule is COCCCOC(CBr)c1cccc(F)c1. The molecular weight excluding hydrogens is 275 g/mol. The number of alkyl halides is 1. The minimum absolute atomic E-state index is 0.104. The van der Waals surface area contributed by atoms with Crippen molar-refractivity contribution in [3.8, 4) is 0 Å². The zero-order chi connectivity index (χ0) is 11.8. The second-order valence-corrected chi connectivity index (χ2v) is 4.06. The smallest absolute Gasteiger partial charge is 0.123 e. The number of hydrogen-bond donors (Lipinski definition) is 0. The van der Waals surface area contributed by atoms with Crippen LogP contribution in [-0.4, -0.2) is 25.7 Å². The summed E-state index contributed by atoms with van der Waals surface area (Å²) in [7, 11) is 1.66. The largest absolute Gasteiger partial charge is 0.385 e. The summed E-state index contributed by atoms with van der Waals surface area (Å²) in [5.41, 5.74) is 0.856. The van der Waals surface area contributed by atoms with E-state index in [1.807, 2.05) is 6.07 Å². The molecule has 0 N–H and O–H groups in total. The summed E-state index contributed by atoms with van der Waals surface area (Å²) in [6, 6.07) is 6.49. The third-order valence-electron chi connectivity index (χ3n) is 2.17. The van der Waals surface area contributed by atoms with Gasteiger partial charge in [0.2, 0.25) is 0 Å². The highest BCUT2D eigenvalue weighted by molar-refractivity contribution is 9.09. The summed E-state index contributed by atoms with van der Waals surface area (Å²) < 4.78 is 23.6. The number of ether oxygens (including phenoxy) is 2. The van der Waals surface area contributed by atoms with Crippen LogP contribution in [0.4, 0.5) is 4.39 Å². The number of halogens is 2. The van der Waals surface area contributed by atoms with Gasteiger partial charge in [-0.15, -0.1) is 0 Å². The van der Waals surface area contributed by atoms with E-state index in [4.69, 9.17) is 9.47 Å². The summed E-state index contributed by atoms with van der Waals surface area (Å²) in [5, 5.41) is 0.656. The van der Waals surface area contributed by atoms with Crippen molar-refractivity contribution in [1.82, 2.24) is 0 Å². The van der Waals surface area contributed by atoms with Crippen LogP contribution in [-0.2, 0) is 9.47 Å². The lowest BCUT2D eigenvalue weighted by atomic mass is 10.1. The Balaban J connectivity index is 2.47. The molecule has 0 amide bonds. The Hall–Kier alpha value is -0.450. The third-order valence-corrected chi connectivity index (χ3v) is 2.76. The fourth-order valence-electron chi connectivity index (χ4n) is 1.37. The molecule has 1 aromatic carbocycles. The molecule has 1 rings (SSSR count). The molecular formula is C12H16BrFO2. The van der Waals surface area contributed by atoms with E-state index in [0.29, 0.717) is 18.5 Å². The van der Waals surface area contributed by atoms with Crippen LogP contribution in [0, 0.1) is 5.82 Å². The molecule has 0 aromatic heterocycles. The Labute approximate surface area is 104 Å². The first-order valence-corrected chi connectivity index (χ1v) is 6.32. The van der Waals surface area contributed by atoms with Crippen molar-refractivity contribution in [3.63, 3.8) is 0 Å². The lowest BCUT2D eigenvalue weighted by Crippen LogP contribution is -2.08. The first kappa shape index (κ1) is 13.6. The number of hydrogen-bond acceptors (Lipinski definition) is 2. The van der Waals surface area contributed by atoms with Crippen LogP contribution in [0.15, 0.2) is 24.3 Å². The second-order valence-electron chi connectivity index (χ2n) is 3.42. The molecule has 1 atom stereocenters. The normalized spacial score (nSPS) is 12.7. The summed E-state index contributed by atoms with van der Waals surface area (Å²) in [6.45, 7) is 1.29. The summed E-state index contributed by atoms with van der Waals surface area (Å²) >= 11 is 3.37. The Kier molecular flexibility index (Phi) is 6.61. The van der Waals surface area contributed by atoms with Gasteiger partial charge in [-0.05, 0) is 24.1 Å². The van der Waals surface area contributed by atoms with Crippen molar-refractivity contribution in [3.05, 3.63) is 35.6 Å². The molecule has 0 radical (unpaired) electrons. The van der Waals surface area contributed by atoms with E-state index in [1.165, 1.54) is 12.1 Å². The van der Waals surface area contributed by atoms with Crippen molar-refractivity contribution in [2.24, 2.45) is 0 Å². The highest BCUT2D eigenvalue weighted by Gasteiger charge is 2.10. The Morgan fingerprint density at radius 3 is 2.81 bits per heavy atom. The summed E-state index contributed by atoms with van der Waals surface area (Å²) in [5.74, 6) is -0.232. The Bertz CT molecular complexity index is 307. The summed E-state index contributed by atoms with van der Waals surface area (Å²) in [4.78, 5) is 0. The number of benzene rings is 1. The molecule has 0 spiro atoms. The average Bonchev–Trinajstić information content (AvgIpc) is 2.29. The van der Waals surface area contributed by atoms with Crippen LogP contribution in [0.5, 0.6) is 0 Å². The van der Waals surface area contributed by atoms with Gasteiger partial charge in [0, 0.05) is 25.7 Å². The summed E-state index contributed by atoms with van der Waals surface area (Å²) in [6.07, 6.45) is 0.738. The van der Waals surface area contributed by atoms with Crippen molar-refractivity contribution in [2.45, 2.75) is 12.5 Å². The van der Waals surface area contributed by atoms with Gasteiger partial charge >= 0.3 is 0 Å². The van der Waals surface area contributed by atoms with Gasteiger partial charge in [0.25, 0.3) is 0 Å². The van der Waals surface area contributed by atoms with E-state index < -0.39 is 0 Å². The Morgan fingerprint density at radius 1 is 1.38 bits per heavy atom. The molecule has 16 heavy (non-hydrogen) atoms. The van der Waals surface area contributed by atoms with Gasteiger partial charge in [-0.3, -0.25) is 0 Å². The molecule has 0 bridgehead atoms. The average molecular weight is 291 g/mol. The first-order valence-electron chi connectivity index (χ1n) is 5.20. The van der Waals surface area contributed by atoms with Crippen LogP contribution < -0.4 is 0 Å². The molecule has 2 nitrogen and oxygen atoms in total. The van der Waals surface area contributed by atoms with E-state index in [9.17, 15) is 4.39 Å². The molecule has 0 saturated heterocycles. The van der Waals surface area contributed by atoms with Gasteiger partial charge in [-0.1, -0.05) is 28.1 Å². The van der Waals surface area contributed by atoms with Crippen molar-refractivity contribution >= 4 is 15.9 Å². The van der Waals surface area contributed by atoms with Crippen LogP contribution in [0.25, 0.3) is 0 Å². The van der Waals surface area contributed by atoms with Crippen LogP contribution in [0.3, 0.4) is 0 Å². The zero-order valence-corrected chi connectivity index (χ0v) is 10.9. The van der Waals surface area contributed by atoms with E-state index in [1.54, 1.807) is 13.2 Å². The lowest BCUT2D eigenvalue weighted by molar-refractivity contribution is 0.0531. The molecule has 1 aromatic rings. The van der Waals surface area contributed by atoms with Gasteiger partial charge in [-0.25, -0.2) is 4.39 Å². The quantitative estimate of drug-likeness (QED) is 0.567. The predicted octanol–water partition coefficient (Wildman–Crippen LogP) is 3.31. The molecule has 0 aliphatic rings. The van der Waals surface area contributed by atoms with E-state index in [-0.39, 0.29) is 11.9 Å². The van der Waals surface area contributed by atoms with E-state index in [2.05, 4.69) is 15.9 Å². The number of rotatable bonds is 7. The van der Waals surface area contributed by atoms with Gasteiger partial charge in [0.15, 0.2) is 0 Å². The maximum Gasteiger partial charge on any atom is 0.123 e. The minimum Gasteiger partial charge on any atom is -0.385 e. The van der Waals surface area contributed by atoms with E-state index >= 15 is 0 Å². The van der Waals surface area contributed by atoms with Gasteiger partial charge in [-0.2, -0.15) is 0 Å². The highest BCUT2D eigenvalue weighted by Crippen LogP contribution is 2.20. The topological polar surface area (TPSA) is 18.5 Å². The van der Waals surface area contributed by atoms with Crippen LogP contribution >= 0.6 is 15.9 Å². The molecule has 0 heterocycles. The first-order chi connectivity index (χ1) is 7.77. The van der Waals surface area contributed by atoms with Gasteiger partial charge in [0.05, 0.1) is 6.10 Å². The standard InChI is InChI=1S/C12H16BrFO2/c1-15-6-3-7-16-12(9-13)10-4-2-5-11(14)8-10/h2,4-5,8,12H,3,6-7,9H2,1H3.